The molecule has 0 aromatic carbocycles. The molecule has 0 bridgehead atoms. The summed E-state index contributed by atoms with van der Waals surface area (Å²) >= 11 is 0. The van der Waals surface area contributed by atoms with Crippen molar-refractivity contribution in [3.63, 3.8) is 0 Å². The number of nitrogens with one attached hydrogen (secondary N) is 1. The third-order valence-electron chi connectivity index (χ3n) is 4.58. The monoisotopic (exact) mass is 379 g/mol. The molecule has 1 amide bonds. The van der Waals surface area contributed by atoms with E-state index in [9.17, 15) is 4.79 Å². The molecular formula is C19H21N7O2. The van der Waals surface area contributed by atoms with E-state index in [1.807, 2.05) is 12.1 Å². The van der Waals surface area contributed by atoms with Gasteiger partial charge in [-0.05, 0) is 31.0 Å². The molecule has 4 heterocycles. The first-order valence-electron chi connectivity index (χ1n) is 9.32. The molecule has 1 fully saturated rings. The number of hydrogen-bond acceptors (Lipinski definition) is 8. The second kappa shape index (κ2) is 8.55. The fourth-order valence-corrected chi connectivity index (χ4v) is 3.22. The van der Waals surface area contributed by atoms with E-state index in [4.69, 9.17) is 4.52 Å². The highest BCUT2D eigenvalue weighted by molar-refractivity contribution is 5.76. The maximum Gasteiger partial charge on any atom is 0.227 e. The average Bonchev–Trinajstić information content (AvgIpc) is 3.23. The summed E-state index contributed by atoms with van der Waals surface area (Å²) in [5.41, 5.74) is 0.785. The van der Waals surface area contributed by atoms with Crippen LogP contribution in [-0.2, 0) is 11.2 Å². The fourth-order valence-electron chi connectivity index (χ4n) is 3.22. The standard InChI is InChI=1S/C19H21N7O2/c27-16(6-7-17-24-18(25-28-17)14-4-1-8-20-12-14)23-15-5-2-11-26(13-15)19-21-9-3-10-22-19/h1,3-4,8-10,12,15H,2,5-7,11,13H2,(H,23,27). The Bertz CT molecular complexity index is 901. The van der Waals surface area contributed by atoms with Crippen LogP contribution in [0.15, 0.2) is 47.5 Å². The van der Waals surface area contributed by atoms with Crippen LogP contribution in [0.3, 0.4) is 0 Å². The van der Waals surface area contributed by atoms with Crippen LogP contribution >= 0.6 is 0 Å². The largest absolute Gasteiger partial charge is 0.352 e. The van der Waals surface area contributed by atoms with E-state index in [0.29, 0.717) is 37.0 Å². The number of aryl methyl sites for hydroxylation is 1. The Morgan fingerprint density at radius 3 is 2.96 bits per heavy atom. The van der Waals surface area contributed by atoms with Crippen LogP contribution in [0.4, 0.5) is 5.95 Å². The number of nitrogens with zero attached hydrogens (tertiary/aromatic N) is 6. The number of amides is 1. The van der Waals surface area contributed by atoms with Crippen molar-refractivity contribution in [3.8, 4) is 11.4 Å². The summed E-state index contributed by atoms with van der Waals surface area (Å²) in [7, 11) is 0. The number of hydrogen-bond donors (Lipinski definition) is 1. The molecule has 0 radical (unpaired) electrons. The molecule has 144 valence electrons. The fraction of sp³-hybridized carbons (Fsp3) is 0.368. The molecule has 28 heavy (non-hydrogen) atoms. The molecule has 9 nitrogen and oxygen atoms in total. The van der Waals surface area contributed by atoms with Crippen LogP contribution in [0.2, 0.25) is 0 Å². The second-order valence-corrected chi connectivity index (χ2v) is 6.65. The smallest absolute Gasteiger partial charge is 0.227 e. The van der Waals surface area contributed by atoms with Gasteiger partial charge in [-0.25, -0.2) is 9.97 Å². The lowest BCUT2D eigenvalue weighted by atomic mass is 10.1. The normalized spacial score (nSPS) is 16.7. The average molecular weight is 379 g/mol. The summed E-state index contributed by atoms with van der Waals surface area (Å²) in [6.45, 7) is 1.61. The summed E-state index contributed by atoms with van der Waals surface area (Å²) < 4.78 is 5.24. The summed E-state index contributed by atoms with van der Waals surface area (Å²) in [4.78, 5) is 31.4. The highest BCUT2D eigenvalue weighted by Crippen LogP contribution is 2.16. The van der Waals surface area contributed by atoms with E-state index < -0.39 is 0 Å². The van der Waals surface area contributed by atoms with E-state index in [1.165, 1.54) is 0 Å². The van der Waals surface area contributed by atoms with Gasteiger partial charge in [-0.3, -0.25) is 9.78 Å². The number of anilines is 1. The van der Waals surface area contributed by atoms with Crippen LogP contribution in [0.25, 0.3) is 11.4 Å². The molecule has 0 aliphatic carbocycles. The van der Waals surface area contributed by atoms with Gasteiger partial charge in [0.25, 0.3) is 0 Å². The lowest BCUT2D eigenvalue weighted by Crippen LogP contribution is -2.48. The van der Waals surface area contributed by atoms with E-state index in [-0.39, 0.29) is 11.9 Å². The van der Waals surface area contributed by atoms with Crippen molar-refractivity contribution in [2.45, 2.75) is 31.7 Å². The second-order valence-electron chi connectivity index (χ2n) is 6.65. The molecular weight excluding hydrogens is 358 g/mol. The maximum atomic E-state index is 12.3. The summed E-state index contributed by atoms with van der Waals surface area (Å²) in [6, 6.07) is 5.55. The zero-order valence-corrected chi connectivity index (χ0v) is 15.4. The molecule has 9 heteroatoms. The van der Waals surface area contributed by atoms with E-state index >= 15 is 0 Å². The highest BCUT2D eigenvalue weighted by Gasteiger charge is 2.23. The van der Waals surface area contributed by atoms with E-state index in [1.54, 1.807) is 30.9 Å². The van der Waals surface area contributed by atoms with Crippen LogP contribution in [0.1, 0.15) is 25.2 Å². The first-order valence-corrected chi connectivity index (χ1v) is 9.32. The van der Waals surface area contributed by atoms with Gasteiger partial charge in [-0.15, -0.1) is 0 Å². The Morgan fingerprint density at radius 1 is 1.25 bits per heavy atom. The SMILES string of the molecule is O=C(CCc1nc(-c2cccnc2)no1)NC1CCCN(c2ncccn2)C1. The molecule has 1 aliphatic rings. The van der Waals surface area contributed by atoms with Crippen molar-refractivity contribution in [1.82, 2.24) is 30.4 Å². The van der Waals surface area contributed by atoms with Crippen molar-refractivity contribution >= 4 is 11.9 Å². The lowest BCUT2D eigenvalue weighted by Gasteiger charge is -2.33. The van der Waals surface area contributed by atoms with Gasteiger partial charge in [0.1, 0.15) is 0 Å². The molecule has 3 aromatic heterocycles. The number of carbonyl (C=O) groups excluding carboxylic acids is 1. The Balaban J connectivity index is 1.27. The summed E-state index contributed by atoms with van der Waals surface area (Å²) in [5, 5.41) is 7.04. The summed E-state index contributed by atoms with van der Waals surface area (Å²) in [5.74, 6) is 1.60. The van der Waals surface area contributed by atoms with Gasteiger partial charge >= 0.3 is 0 Å². The van der Waals surface area contributed by atoms with Crippen molar-refractivity contribution in [2.75, 3.05) is 18.0 Å². The minimum atomic E-state index is -0.0260. The molecule has 1 saturated heterocycles. The van der Waals surface area contributed by atoms with Gasteiger partial charge in [-0.1, -0.05) is 5.16 Å². The highest BCUT2D eigenvalue weighted by atomic mass is 16.5. The third kappa shape index (κ3) is 4.48. The van der Waals surface area contributed by atoms with Crippen molar-refractivity contribution < 1.29 is 9.32 Å². The zero-order valence-electron chi connectivity index (χ0n) is 15.4. The van der Waals surface area contributed by atoms with E-state index in [2.05, 4.69) is 35.3 Å². The molecule has 1 atom stereocenters. The predicted molar refractivity (Wildman–Crippen MR) is 101 cm³/mol. The Kier molecular flexibility index (Phi) is 5.51. The Hall–Kier alpha value is -3.36. The van der Waals surface area contributed by atoms with Crippen LogP contribution in [-0.4, -0.2) is 50.1 Å². The molecule has 1 unspecified atom stereocenters. The number of rotatable bonds is 6. The quantitative estimate of drug-likeness (QED) is 0.688. The van der Waals surface area contributed by atoms with Crippen molar-refractivity contribution in [3.05, 3.63) is 48.9 Å². The number of pyridine rings is 1. The minimum absolute atomic E-state index is 0.0260. The Labute approximate surface area is 162 Å². The predicted octanol–water partition coefficient (Wildman–Crippen LogP) is 1.64. The lowest BCUT2D eigenvalue weighted by molar-refractivity contribution is -0.121. The van der Waals surface area contributed by atoms with Gasteiger partial charge in [0, 0.05) is 62.3 Å². The van der Waals surface area contributed by atoms with Crippen LogP contribution < -0.4 is 10.2 Å². The molecule has 0 spiro atoms. The van der Waals surface area contributed by atoms with Gasteiger partial charge < -0.3 is 14.7 Å². The van der Waals surface area contributed by atoms with Crippen molar-refractivity contribution in [1.29, 1.82) is 0 Å². The van der Waals surface area contributed by atoms with Crippen LogP contribution in [0.5, 0.6) is 0 Å². The first kappa shape index (κ1) is 18.0. The molecule has 1 aliphatic heterocycles. The van der Waals surface area contributed by atoms with Gasteiger partial charge in [0.15, 0.2) is 0 Å². The first-order chi connectivity index (χ1) is 13.8. The molecule has 3 aromatic rings. The maximum absolute atomic E-state index is 12.3. The zero-order chi connectivity index (χ0) is 19.2. The number of aromatic nitrogens is 5. The van der Waals surface area contributed by atoms with Gasteiger partial charge in [0.2, 0.25) is 23.6 Å². The van der Waals surface area contributed by atoms with E-state index in [0.717, 1.165) is 24.9 Å². The Morgan fingerprint density at radius 2 is 2.14 bits per heavy atom. The third-order valence-corrected chi connectivity index (χ3v) is 4.58. The molecule has 0 saturated carbocycles. The van der Waals surface area contributed by atoms with Gasteiger partial charge in [-0.2, -0.15) is 4.98 Å². The summed E-state index contributed by atoms with van der Waals surface area (Å²) in [6.07, 6.45) is 9.45. The molecule has 1 N–H and O–H groups in total. The van der Waals surface area contributed by atoms with Crippen molar-refractivity contribution in [2.24, 2.45) is 0 Å². The molecule has 4 rings (SSSR count). The minimum Gasteiger partial charge on any atom is -0.352 e. The number of piperidine rings is 1. The topological polar surface area (TPSA) is 110 Å². The number of carbonyl (C=O) groups is 1. The van der Waals surface area contributed by atoms with Gasteiger partial charge in [0.05, 0.1) is 0 Å². The van der Waals surface area contributed by atoms with Crippen LogP contribution in [0, 0.1) is 0 Å².